The topological polar surface area (TPSA) is 448 Å². The fraction of sp³-hybridized carbons (Fsp3) is 0.720. The molecule has 0 aromatic heterocycles. The summed E-state index contributed by atoms with van der Waals surface area (Å²) in [4.78, 5) is 84.2. The molecule has 0 radical (unpaired) electrons. The van der Waals surface area contributed by atoms with Gasteiger partial charge in [-0.25, -0.2) is 29.2 Å². The molecule has 0 unspecified atom stereocenters. The van der Waals surface area contributed by atoms with E-state index in [4.69, 9.17) is 76.7 Å². The maximum Gasteiger partial charge on any atom is 0.410 e. The molecule has 470 valence electrons. The zero-order valence-electron chi connectivity index (χ0n) is 47.7. The molecule has 3 aliphatic rings. The first-order valence-electron chi connectivity index (χ1n) is 26.7. The summed E-state index contributed by atoms with van der Waals surface area (Å²) in [6.45, 7) is 4.04. The van der Waals surface area contributed by atoms with Gasteiger partial charge in [-0.2, -0.15) is 0 Å². The second kappa shape index (κ2) is 38.0. The van der Waals surface area contributed by atoms with Gasteiger partial charge in [0.1, 0.15) is 25.5 Å². The first-order valence-corrected chi connectivity index (χ1v) is 26.7. The van der Waals surface area contributed by atoms with E-state index in [0.717, 1.165) is 24.3 Å². The van der Waals surface area contributed by atoms with E-state index in [1.807, 2.05) is 9.80 Å². The average Bonchev–Trinajstić information content (AvgIpc) is 3.11. The summed E-state index contributed by atoms with van der Waals surface area (Å²) in [6, 6.07) is -3.97. The maximum atomic E-state index is 13.6. The summed E-state index contributed by atoms with van der Waals surface area (Å²) < 4.78 is 57.0. The molecule has 0 bridgehead atoms. The Morgan fingerprint density at radius 1 is 0.735 bits per heavy atom. The Kier molecular flexibility index (Phi) is 32.1. The number of hydrogen-bond donors (Lipinski definition) is 10. The van der Waals surface area contributed by atoms with Crippen molar-refractivity contribution in [2.45, 2.75) is 74.5 Å². The fourth-order valence-corrected chi connectivity index (χ4v) is 8.53. The number of aliphatic hydroxyl groups excluding tert-OH is 3. The zero-order chi connectivity index (χ0) is 61.4. The van der Waals surface area contributed by atoms with Crippen molar-refractivity contribution in [3.63, 3.8) is 0 Å². The predicted molar refractivity (Wildman–Crippen MR) is 295 cm³/mol. The van der Waals surface area contributed by atoms with Gasteiger partial charge in [-0.15, -0.1) is 6.42 Å². The average molecular weight is 1190 g/mol. The number of guanidine groups is 3. The predicted octanol–water partition coefficient (Wildman–Crippen LogP) is -4.90. The van der Waals surface area contributed by atoms with Gasteiger partial charge in [0, 0.05) is 74.3 Å². The number of nitrogens with two attached hydrogens (primary N) is 4. The summed E-state index contributed by atoms with van der Waals surface area (Å²) in [5.41, 5.74) is 22.6. The fourth-order valence-electron chi connectivity index (χ4n) is 8.53. The monoisotopic (exact) mass is 1190 g/mol. The smallest absolute Gasteiger partial charge is 0.410 e. The first kappa shape index (κ1) is 70.3. The van der Waals surface area contributed by atoms with Crippen LogP contribution in [0.1, 0.15) is 19.8 Å². The molecular formula is C50H85N13O20. The summed E-state index contributed by atoms with van der Waals surface area (Å²) >= 11 is 0. The van der Waals surface area contributed by atoms with Crippen LogP contribution in [0.4, 0.5) is 9.59 Å². The molecule has 3 amide bonds. The molecule has 0 aromatic rings. The van der Waals surface area contributed by atoms with Crippen LogP contribution in [-0.2, 0) is 61.8 Å². The van der Waals surface area contributed by atoms with E-state index in [0.29, 0.717) is 45.5 Å². The third kappa shape index (κ3) is 24.4. The summed E-state index contributed by atoms with van der Waals surface area (Å²) in [7, 11) is 6.21. The molecular weight excluding hydrogens is 1100 g/mol. The standard InChI is InChI=1S/C50H85N13O20/c1-7-17-74-22-23-77-24-25-78-26-27-79-31-61(6)48(55-3)63(14-20-75-18-12-59(4)49(72)82-36(9-16-64)42-40(62-10-8-11-62)34(58-47(53)54)29-38(80-42)45(70)71)15-21-76-19-13-60(5)50(73)83-41(35(67)30-65)43-39(56-32(2)66)33(57-46(51)52)28-37(81-43)44(68)69/h1,28-29,33-36,39-43,64-65,67H,8-27,30-31H2,2-6H3,(H,56,66)(H,68,69)(H,70,71)(H4,51,52,57)(H4,53,54,58)/t33-,34-,35+,36+,39+,40+,41+,42-,43+/m0/s1. The Hall–Kier alpha value is -7.00. The van der Waals surface area contributed by atoms with Crippen molar-refractivity contribution in [2.24, 2.45) is 37.9 Å². The lowest BCUT2D eigenvalue weighted by molar-refractivity contribution is -0.147. The van der Waals surface area contributed by atoms with Crippen LogP contribution >= 0.6 is 0 Å². The van der Waals surface area contributed by atoms with Gasteiger partial charge >= 0.3 is 24.1 Å². The van der Waals surface area contributed by atoms with Gasteiger partial charge in [-0.1, -0.05) is 5.92 Å². The van der Waals surface area contributed by atoms with Gasteiger partial charge in [0.15, 0.2) is 36.2 Å². The first-order chi connectivity index (χ1) is 39.7. The number of likely N-dealkylation sites (N-methyl/N-ethyl adjacent to an activating group) is 2. The van der Waals surface area contributed by atoms with Crippen molar-refractivity contribution in [3.8, 4) is 12.3 Å². The minimum Gasteiger partial charge on any atom is -0.478 e. The van der Waals surface area contributed by atoms with Crippen LogP contribution < -0.4 is 28.3 Å². The largest absolute Gasteiger partial charge is 0.478 e. The number of carboxylic acids is 2. The number of aliphatic imine (C=N–C) groups is 3. The van der Waals surface area contributed by atoms with Gasteiger partial charge in [0.25, 0.3) is 0 Å². The van der Waals surface area contributed by atoms with Crippen LogP contribution in [0.3, 0.4) is 0 Å². The minimum absolute atomic E-state index is 0.0418. The number of aliphatic hydroxyl groups is 3. The summed E-state index contributed by atoms with van der Waals surface area (Å²) in [5.74, 6) is -2.52. The third-order valence-corrected chi connectivity index (χ3v) is 12.6. The molecule has 3 aliphatic heterocycles. The minimum atomic E-state index is -1.83. The highest BCUT2D eigenvalue weighted by Crippen LogP contribution is 2.32. The number of terminal acetylenes is 1. The van der Waals surface area contributed by atoms with Crippen LogP contribution in [0.15, 0.2) is 38.6 Å². The lowest BCUT2D eigenvalue weighted by Crippen LogP contribution is -2.62. The van der Waals surface area contributed by atoms with Gasteiger partial charge in [0.2, 0.25) is 17.4 Å². The Bertz CT molecular complexity index is 2230. The van der Waals surface area contributed by atoms with Crippen molar-refractivity contribution < 1.29 is 96.9 Å². The van der Waals surface area contributed by atoms with Crippen LogP contribution in [0.2, 0.25) is 0 Å². The number of carboxylic acid groups (broad SMARTS) is 2. The van der Waals surface area contributed by atoms with Gasteiger partial charge in [-0.05, 0) is 31.7 Å². The van der Waals surface area contributed by atoms with Crippen molar-refractivity contribution in [3.05, 3.63) is 23.7 Å². The third-order valence-electron chi connectivity index (χ3n) is 12.6. The molecule has 33 nitrogen and oxygen atoms in total. The highest BCUT2D eigenvalue weighted by molar-refractivity contribution is 5.86. The lowest BCUT2D eigenvalue weighted by atomic mass is 9.90. The molecule has 1 saturated heterocycles. The van der Waals surface area contributed by atoms with Gasteiger partial charge in [0.05, 0.1) is 96.8 Å². The molecule has 3 heterocycles. The molecule has 0 saturated carbocycles. The second-order valence-electron chi connectivity index (χ2n) is 18.9. The molecule has 14 N–H and O–H groups in total. The number of amides is 3. The quantitative estimate of drug-likeness (QED) is 0.00911. The number of likely N-dealkylation sites (tertiary alicyclic amines) is 1. The van der Waals surface area contributed by atoms with Crippen LogP contribution in [0.5, 0.6) is 0 Å². The molecule has 1 fully saturated rings. The summed E-state index contributed by atoms with van der Waals surface area (Å²) in [6.07, 6.45) is -0.904. The number of ether oxygens (including phenoxy) is 10. The number of rotatable bonds is 38. The van der Waals surface area contributed by atoms with E-state index in [-0.39, 0.29) is 91.5 Å². The van der Waals surface area contributed by atoms with E-state index in [1.54, 1.807) is 19.0 Å². The Labute approximate surface area is 482 Å². The number of nitrogens with one attached hydrogen (secondary N) is 1. The number of carbonyl (C=O) groups excluding carboxylic acids is 3. The molecule has 0 aliphatic carbocycles. The van der Waals surface area contributed by atoms with Crippen LogP contribution in [0, 0.1) is 12.3 Å². The van der Waals surface area contributed by atoms with Crippen molar-refractivity contribution in [1.82, 2.24) is 29.8 Å². The number of hydrogen-bond acceptors (Lipinski definition) is 22. The van der Waals surface area contributed by atoms with Crippen LogP contribution in [-0.4, -0.2) is 313 Å². The number of aliphatic carboxylic acids is 2. The maximum absolute atomic E-state index is 13.6. The Morgan fingerprint density at radius 3 is 1.71 bits per heavy atom. The molecule has 83 heavy (non-hydrogen) atoms. The Balaban J connectivity index is 1.65. The van der Waals surface area contributed by atoms with E-state index >= 15 is 0 Å². The molecule has 0 spiro atoms. The molecule has 0 aromatic carbocycles. The van der Waals surface area contributed by atoms with Crippen LogP contribution in [0.25, 0.3) is 0 Å². The molecule has 3 rings (SSSR count). The van der Waals surface area contributed by atoms with Crippen molar-refractivity contribution in [1.29, 1.82) is 0 Å². The lowest BCUT2D eigenvalue weighted by Gasteiger charge is -2.47. The highest BCUT2D eigenvalue weighted by atomic mass is 16.6. The highest BCUT2D eigenvalue weighted by Gasteiger charge is 2.48. The second-order valence-corrected chi connectivity index (χ2v) is 18.9. The number of nitrogens with zero attached hydrogens (tertiary/aromatic N) is 8. The Morgan fingerprint density at radius 2 is 1.23 bits per heavy atom. The van der Waals surface area contributed by atoms with E-state index in [1.165, 1.54) is 25.1 Å². The van der Waals surface area contributed by atoms with Gasteiger partial charge < -0.3 is 121 Å². The van der Waals surface area contributed by atoms with E-state index in [2.05, 4.69) is 26.2 Å². The SMILES string of the molecule is C#CCOCCOCCOCCOCN(C)C(=NC)N(CCOCCN(C)C(=O)O[C@@H]([C@@H]1OC(C(=O)O)=C[C@H](N=C(N)N)[C@H]1NC(C)=O)[C@H](O)CO)CCOCCN(C)C(=O)O[C@H](CCO)[C@@H]1OC(C(=O)O)=C[C@H](N=C(N)N)[C@H]1N1CCC1. The van der Waals surface area contributed by atoms with Crippen molar-refractivity contribution in [2.75, 3.05) is 160 Å². The molecule has 9 atom stereocenters. The van der Waals surface area contributed by atoms with E-state index in [9.17, 15) is 49.5 Å². The molecule has 33 heteroatoms. The van der Waals surface area contributed by atoms with E-state index < -0.39 is 115 Å². The number of carbonyl (C=O) groups is 5. The summed E-state index contributed by atoms with van der Waals surface area (Å²) in [5, 5.41) is 53.0. The van der Waals surface area contributed by atoms with Crippen molar-refractivity contribution >= 4 is 47.9 Å². The normalized spacial score (nSPS) is 20.6. The zero-order valence-corrected chi connectivity index (χ0v) is 47.7. The van der Waals surface area contributed by atoms with Gasteiger partial charge in [-0.3, -0.25) is 14.7 Å².